The highest BCUT2D eigenvalue weighted by molar-refractivity contribution is 9.11. The molecule has 0 fully saturated rings. The van der Waals surface area contributed by atoms with Crippen LogP contribution in [0.3, 0.4) is 0 Å². The molecule has 1 aromatic heterocycles. The average molecular weight is 347 g/mol. The van der Waals surface area contributed by atoms with Crippen molar-refractivity contribution < 1.29 is 4.79 Å². The van der Waals surface area contributed by atoms with E-state index in [1.165, 1.54) is 6.20 Å². The van der Waals surface area contributed by atoms with E-state index in [4.69, 9.17) is 5.26 Å². The monoisotopic (exact) mass is 345 g/mol. The van der Waals surface area contributed by atoms with Gasteiger partial charge in [-0.25, -0.2) is 4.98 Å². The van der Waals surface area contributed by atoms with E-state index in [2.05, 4.69) is 42.2 Å². The van der Waals surface area contributed by atoms with Crippen molar-refractivity contribution in [1.82, 2.24) is 10.3 Å². The second-order valence-corrected chi connectivity index (χ2v) is 4.82. The van der Waals surface area contributed by atoms with E-state index in [0.29, 0.717) is 10.9 Å². The molecule has 6 heteroatoms. The number of nitrogens with one attached hydrogen (secondary N) is 1. The Morgan fingerprint density at radius 2 is 2.38 bits per heavy atom. The zero-order valence-electron chi connectivity index (χ0n) is 8.50. The highest BCUT2D eigenvalue weighted by Gasteiger charge is 2.15. The minimum absolute atomic E-state index is 0.275. The number of amides is 1. The summed E-state index contributed by atoms with van der Waals surface area (Å²) in [6.45, 7) is 1.83. The normalized spacial score (nSPS) is 11.6. The summed E-state index contributed by atoms with van der Waals surface area (Å²) in [4.78, 5) is 15.7. The first-order valence-electron chi connectivity index (χ1n) is 4.60. The van der Waals surface area contributed by atoms with Gasteiger partial charge in [-0.2, -0.15) is 5.26 Å². The standard InChI is InChI=1S/C10H9Br2N3O/c1-2-7(4-13)15-10(16)9-8(12)3-6(11)5-14-9/h3,5,7H,2H2,1H3,(H,15,16)/t7-/m1/s1. The largest absolute Gasteiger partial charge is 0.335 e. The molecule has 1 heterocycles. The summed E-state index contributed by atoms with van der Waals surface area (Å²) in [5.41, 5.74) is 0.275. The summed E-state index contributed by atoms with van der Waals surface area (Å²) in [5, 5.41) is 11.3. The van der Waals surface area contributed by atoms with Crippen LogP contribution in [-0.2, 0) is 0 Å². The lowest BCUT2D eigenvalue weighted by molar-refractivity contribution is 0.0939. The molecular weight excluding hydrogens is 338 g/mol. The van der Waals surface area contributed by atoms with Gasteiger partial charge in [-0.1, -0.05) is 6.92 Å². The minimum atomic E-state index is -0.482. The lowest BCUT2D eigenvalue weighted by Crippen LogP contribution is -2.33. The van der Waals surface area contributed by atoms with Gasteiger partial charge >= 0.3 is 0 Å². The first kappa shape index (κ1) is 13.1. The Morgan fingerprint density at radius 3 is 2.88 bits per heavy atom. The Hall–Kier alpha value is -0.930. The summed E-state index contributed by atoms with van der Waals surface area (Å²) >= 11 is 6.49. The van der Waals surface area contributed by atoms with Gasteiger partial charge < -0.3 is 5.32 Å². The Kier molecular flexibility index (Phi) is 4.90. The first-order chi connectivity index (χ1) is 7.58. The third-order valence-corrected chi connectivity index (χ3v) is 2.93. The molecule has 4 nitrogen and oxygen atoms in total. The van der Waals surface area contributed by atoms with Crippen molar-refractivity contribution in [3.05, 3.63) is 26.9 Å². The zero-order chi connectivity index (χ0) is 12.1. The van der Waals surface area contributed by atoms with Crippen molar-refractivity contribution in [2.24, 2.45) is 0 Å². The molecule has 0 aliphatic rings. The predicted molar refractivity (Wildman–Crippen MR) is 66.8 cm³/mol. The summed E-state index contributed by atoms with van der Waals surface area (Å²) in [6.07, 6.45) is 2.10. The van der Waals surface area contributed by atoms with Crippen LogP contribution in [0.25, 0.3) is 0 Å². The van der Waals surface area contributed by atoms with E-state index >= 15 is 0 Å². The maximum atomic E-state index is 11.7. The third kappa shape index (κ3) is 3.29. The van der Waals surface area contributed by atoms with Crippen LogP contribution in [0, 0.1) is 11.3 Å². The van der Waals surface area contributed by atoms with E-state index in [1.54, 1.807) is 6.07 Å². The lowest BCUT2D eigenvalue weighted by Gasteiger charge is -2.09. The molecule has 0 bridgehead atoms. The fourth-order valence-electron chi connectivity index (χ4n) is 1.03. The average Bonchev–Trinajstić information content (AvgIpc) is 2.25. The second kappa shape index (κ2) is 5.97. The highest BCUT2D eigenvalue weighted by Crippen LogP contribution is 2.19. The van der Waals surface area contributed by atoms with Crippen molar-refractivity contribution in [3.8, 4) is 6.07 Å². The second-order valence-electron chi connectivity index (χ2n) is 3.05. The Labute approximate surface area is 110 Å². The molecular formula is C10H9Br2N3O. The zero-order valence-corrected chi connectivity index (χ0v) is 11.7. The van der Waals surface area contributed by atoms with Gasteiger partial charge in [-0.3, -0.25) is 4.79 Å². The van der Waals surface area contributed by atoms with Gasteiger partial charge in [0.1, 0.15) is 11.7 Å². The molecule has 84 valence electrons. The number of hydrogen-bond donors (Lipinski definition) is 1. The number of hydrogen-bond acceptors (Lipinski definition) is 3. The van der Waals surface area contributed by atoms with Gasteiger partial charge in [0.15, 0.2) is 0 Å². The smallest absolute Gasteiger partial charge is 0.272 e. The fourth-order valence-corrected chi connectivity index (χ4v) is 2.20. The van der Waals surface area contributed by atoms with Crippen molar-refractivity contribution >= 4 is 37.8 Å². The van der Waals surface area contributed by atoms with Gasteiger partial charge in [0.2, 0.25) is 0 Å². The molecule has 1 N–H and O–H groups in total. The topological polar surface area (TPSA) is 65.8 Å². The molecule has 16 heavy (non-hydrogen) atoms. The van der Waals surface area contributed by atoms with Crippen LogP contribution >= 0.6 is 31.9 Å². The lowest BCUT2D eigenvalue weighted by atomic mass is 10.2. The van der Waals surface area contributed by atoms with Crippen LogP contribution in [-0.4, -0.2) is 16.9 Å². The molecule has 0 saturated heterocycles. The van der Waals surface area contributed by atoms with Crippen LogP contribution in [0.4, 0.5) is 0 Å². The molecule has 1 amide bonds. The van der Waals surface area contributed by atoms with Crippen LogP contribution in [0.15, 0.2) is 21.2 Å². The van der Waals surface area contributed by atoms with E-state index in [0.717, 1.165) is 4.47 Å². The summed E-state index contributed by atoms with van der Waals surface area (Å²) < 4.78 is 1.37. The van der Waals surface area contributed by atoms with E-state index < -0.39 is 6.04 Å². The predicted octanol–water partition coefficient (Wildman–Crippen LogP) is 2.64. The number of pyridine rings is 1. The molecule has 0 saturated carbocycles. The third-order valence-electron chi connectivity index (χ3n) is 1.89. The SMILES string of the molecule is CC[C@H](C#N)NC(=O)c1ncc(Br)cc1Br. The Bertz CT molecular complexity index is 442. The molecule has 1 aromatic rings. The van der Waals surface area contributed by atoms with Gasteiger partial charge in [0.05, 0.1) is 10.5 Å². The van der Waals surface area contributed by atoms with Crippen LogP contribution in [0.2, 0.25) is 0 Å². The number of carbonyl (C=O) groups excluding carboxylic acids is 1. The van der Waals surface area contributed by atoms with Crippen LogP contribution < -0.4 is 5.32 Å². The number of nitrogens with zero attached hydrogens (tertiary/aromatic N) is 2. The molecule has 0 unspecified atom stereocenters. The number of halogens is 2. The van der Waals surface area contributed by atoms with Crippen LogP contribution in [0.5, 0.6) is 0 Å². The molecule has 1 atom stereocenters. The fraction of sp³-hybridized carbons (Fsp3) is 0.300. The van der Waals surface area contributed by atoms with Gasteiger partial charge in [-0.15, -0.1) is 0 Å². The molecule has 1 rings (SSSR count). The van der Waals surface area contributed by atoms with Crippen molar-refractivity contribution in [2.75, 3.05) is 0 Å². The first-order valence-corrected chi connectivity index (χ1v) is 6.18. The molecule has 0 aromatic carbocycles. The molecule has 0 aliphatic carbocycles. The van der Waals surface area contributed by atoms with E-state index in [9.17, 15) is 4.79 Å². The van der Waals surface area contributed by atoms with Gasteiger partial charge in [0, 0.05) is 10.7 Å². The van der Waals surface area contributed by atoms with Gasteiger partial charge in [-0.05, 0) is 44.3 Å². The maximum absolute atomic E-state index is 11.7. The van der Waals surface area contributed by atoms with Crippen molar-refractivity contribution in [1.29, 1.82) is 5.26 Å². The van der Waals surface area contributed by atoms with Gasteiger partial charge in [0.25, 0.3) is 5.91 Å². The minimum Gasteiger partial charge on any atom is -0.335 e. The summed E-state index contributed by atoms with van der Waals surface area (Å²) in [7, 11) is 0. The summed E-state index contributed by atoms with van der Waals surface area (Å²) in [6, 6.07) is 3.25. The van der Waals surface area contributed by atoms with E-state index in [1.807, 2.05) is 13.0 Å². The van der Waals surface area contributed by atoms with E-state index in [-0.39, 0.29) is 11.6 Å². The van der Waals surface area contributed by atoms with Crippen molar-refractivity contribution in [3.63, 3.8) is 0 Å². The number of rotatable bonds is 3. The number of nitriles is 1. The van der Waals surface area contributed by atoms with Crippen LogP contribution in [0.1, 0.15) is 23.8 Å². The number of aromatic nitrogens is 1. The molecule has 0 spiro atoms. The Morgan fingerprint density at radius 1 is 1.69 bits per heavy atom. The molecule has 0 aliphatic heterocycles. The van der Waals surface area contributed by atoms with Crippen molar-refractivity contribution in [2.45, 2.75) is 19.4 Å². The maximum Gasteiger partial charge on any atom is 0.272 e. The quantitative estimate of drug-likeness (QED) is 0.914. The highest BCUT2D eigenvalue weighted by atomic mass is 79.9. The number of carbonyl (C=O) groups is 1. The summed E-state index contributed by atoms with van der Waals surface area (Å²) in [5.74, 6) is -0.354. The molecule has 0 radical (unpaired) electrons. The Balaban J connectivity index is 2.85.